The smallest absolute Gasteiger partial charge is 0.410 e. The first-order valence-electron chi connectivity index (χ1n) is 7.46. The van der Waals surface area contributed by atoms with Crippen LogP contribution in [0.1, 0.15) is 16.6 Å². The number of nitrogens with zero attached hydrogens (tertiary/aromatic N) is 1. The zero-order valence-corrected chi connectivity index (χ0v) is 14.9. The van der Waals surface area contributed by atoms with E-state index < -0.39 is 6.09 Å². The minimum Gasteiger partial charge on any atom is -0.442 e. The summed E-state index contributed by atoms with van der Waals surface area (Å²) >= 11 is 7.02. The summed E-state index contributed by atoms with van der Waals surface area (Å²) in [6, 6.07) is 3.34. The van der Waals surface area contributed by atoms with Crippen LogP contribution in [0.4, 0.5) is 4.79 Å². The van der Waals surface area contributed by atoms with Crippen LogP contribution in [0, 0.1) is 0 Å². The molecule has 1 saturated heterocycles. The van der Waals surface area contributed by atoms with Crippen LogP contribution >= 0.6 is 22.9 Å². The molecule has 1 aromatic rings. The molecule has 1 aliphatic rings. The van der Waals surface area contributed by atoms with Crippen molar-refractivity contribution < 1.29 is 14.3 Å². The van der Waals surface area contributed by atoms with Gasteiger partial charge in [-0.05, 0) is 24.6 Å². The third-order valence-corrected chi connectivity index (χ3v) is 4.50. The first-order chi connectivity index (χ1) is 11.5. The van der Waals surface area contributed by atoms with Gasteiger partial charge in [-0.3, -0.25) is 4.79 Å². The molecule has 1 aromatic heterocycles. The number of rotatable bonds is 7. The summed E-state index contributed by atoms with van der Waals surface area (Å²) in [5.41, 5.74) is 0.808. The molecule has 1 aliphatic heterocycles. The number of thiophene rings is 1. The Balaban J connectivity index is 1.79. The van der Waals surface area contributed by atoms with Crippen LogP contribution < -0.4 is 5.32 Å². The molecule has 0 aromatic carbocycles. The number of cyclic esters (lactones) is 1. The number of ether oxygens (including phenoxy) is 1. The van der Waals surface area contributed by atoms with Gasteiger partial charge in [0.05, 0.1) is 22.3 Å². The van der Waals surface area contributed by atoms with Crippen molar-refractivity contribution in [3.05, 3.63) is 57.8 Å². The van der Waals surface area contributed by atoms with Crippen molar-refractivity contribution >= 4 is 34.9 Å². The maximum atomic E-state index is 12.0. The van der Waals surface area contributed by atoms with E-state index in [9.17, 15) is 9.59 Å². The Hall–Kier alpha value is -2.05. The van der Waals surface area contributed by atoms with Crippen LogP contribution in [0.5, 0.6) is 0 Å². The lowest BCUT2D eigenvalue weighted by atomic mass is 10.2. The van der Waals surface area contributed by atoms with E-state index in [0.29, 0.717) is 22.3 Å². The molecule has 0 spiro atoms. The van der Waals surface area contributed by atoms with Gasteiger partial charge < -0.3 is 15.0 Å². The molecule has 2 heterocycles. The van der Waals surface area contributed by atoms with Gasteiger partial charge in [0.1, 0.15) is 6.10 Å². The van der Waals surface area contributed by atoms with Gasteiger partial charge in [0.2, 0.25) is 0 Å². The van der Waals surface area contributed by atoms with Gasteiger partial charge in [-0.1, -0.05) is 42.5 Å². The second-order valence-electron chi connectivity index (χ2n) is 5.24. The van der Waals surface area contributed by atoms with Gasteiger partial charge in [0.15, 0.2) is 0 Å². The SMILES string of the molecule is C=C(/C=C\C=C/C)CN1CC(CNC(=O)c2ccc(Cl)s2)OC1=O. The van der Waals surface area contributed by atoms with Gasteiger partial charge in [-0.2, -0.15) is 0 Å². The summed E-state index contributed by atoms with van der Waals surface area (Å²) in [6.07, 6.45) is 6.75. The lowest BCUT2D eigenvalue weighted by Crippen LogP contribution is -2.34. The molecular weight excluding hydrogens is 348 g/mol. The quantitative estimate of drug-likeness (QED) is 0.749. The number of allylic oxidation sites excluding steroid dienone is 3. The molecular formula is C17H19ClN2O3S. The minimum absolute atomic E-state index is 0.222. The first kappa shape index (κ1) is 18.3. The number of carbonyl (C=O) groups excluding carboxylic acids is 2. The first-order valence-corrected chi connectivity index (χ1v) is 8.65. The second kappa shape index (κ2) is 8.70. The van der Waals surface area contributed by atoms with Crippen LogP contribution in [-0.2, 0) is 4.74 Å². The summed E-state index contributed by atoms with van der Waals surface area (Å²) in [6.45, 7) is 6.92. The molecule has 5 nitrogen and oxygen atoms in total. The van der Waals surface area contributed by atoms with E-state index >= 15 is 0 Å². The van der Waals surface area contributed by atoms with Crippen molar-refractivity contribution in [2.45, 2.75) is 13.0 Å². The number of carbonyl (C=O) groups is 2. The molecule has 2 rings (SSSR count). The largest absolute Gasteiger partial charge is 0.442 e. The number of hydrogen-bond acceptors (Lipinski definition) is 4. The monoisotopic (exact) mass is 366 g/mol. The van der Waals surface area contributed by atoms with Crippen molar-refractivity contribution in [1.82, 2.24) is 10.2 Å². The van der Waals surface area contributed by atoms with E-state index in [1.807, 2.05) is 31.2 Å². The molecule has 1 atom stereocenters. The Morgan fingerprint density at radius 2 is 2.33 bits per heavy atom. The van der Waals surface area contributed by atoms with Gasteiger partial charge in [0, 0.05) is 6.54 Å². The zero-order chi connectivity index (χ0) is 17.5. The molecule has 0 aliphatic carbocycles. The molecule has 1 fully saturated rings. The summed E-state index contributed by atoms with van der Waals surface area (Å²) in [5, 5.41) is 2.75. The van der Waals surface area contributed by atoms with Gasteiger partial charge >= 0.3 is 6.09 Å². The second-order valence-corrected chi connectivity index (χ2v) is 6.96. The van der Waals surface area contributed by atoms with E-state index in [2.05, 4.69) is 11.9 Å². The lowest BCUT2D eigenvalue weighted by Gasteiger charge is -2.12. The molecule has 0 radical (unpaired) electrons. The fraction of sp³-hybridized carbons (Fsp3) is 0.294. The Labute approximate surface area is 150 Å². The number of hydrogen-bond donors (Lipinski definition) is 1. The summed E-state index contributed by atoms with van der Waals surface area (Å²) < 4.78 is 5.82. The Morgan fingerprint density at radius 3 is 3.00 bits per heavy atom. The maximum absolute atomic E-state index is 12.0. The van der Waals surface area contributed by atoms with Crippen molar-refractivity contribution in [3.8, 4) is 0 Å². The van der Waals surface area contributed by atoms with Crippen molar-refractivity contribution in [3.63, 3.8) is 0 Å². The van der Waals surface area contributed by atoms with E-state index in [0.717, 1.165) is 5.57 Å². The van der Waals surface area contributed by atoms with Crippen LogP contribution in [-0.4, -0.2) is 42.6 Å². The molecule has 7 heteroatoms. The predicted octanol–water partition coefficient (Wildman–Crippen LogP) is 3.64. The highest BCUT2D eigenvalue weighted by Gasteiger charge is 2.31. The molecule has 24 heavy (non-hydrogen) atoms. The van der Waals surface area contributed by atoms with E-state index in [1.165, 1.54) is 11.3 Å². The standard InChI is InChI=1S/C17H19ClN2O3S/c1-3-4-5-6-12(2)10-20-11-13(23-17(20)22)9-19-16(21)14-7-8-15(18)24-14/h3-8,13H,2,9-11H2,1H3,(H,19,21)/b4-3-,6-5-. The Kier molecular flexibility index (Phi) is 6.63. The minimum atomic E-state index is -0.394. The van der Waals surface area contributed by atoms with Crippen LogP contribution in [0.3, 0.4) is 0 Å². The normalized spacial score (nSPS) is 17.7. The highest BCUT2D eigenvalue weighted by atomic mass is 35.5. The predicted molar refractivity (Wildman–Crippen MR) is 96.6 cm³/mol. The Morgan fingerprint density at radius 1 is 1.54 bits per heavy atom. The lowest BCUT2D eigenvalue weighted by molar-refractivity contribution is 0.0918. The highest BCUT2D eigenvalue weighted by Crippen LogP contribution is 2.21. The van der Waals surface area contributed by atoms with Gasteiger partial charge in [-0.25, -0.2) is 4.79 Å². The molecule has 1 N–H and O–H groups in total. The third-order valence-electron chi connectivity index (χ3n) is 3.27. The van der Waals surface area contributed by atoms with Crippen molar-refractivity contribution in [2.24, 2.45) is 0 Å². The van der Waals surface area contributed by atoms with Gasteiger partial charge in [0.25, 0.3) is 5.91 Å². The average Bonchev–Trinajstić information content (AvgIpc) is 3.12. The third kappa shape index (κ3) is 5.25. The van der Waals surface area contributed by atoms with E-state index in [4.69, 9.17) is 16.3 Å². The van der Waals surface area contributed by atoms with Crippen molar-refractivity contribution in [2.75, 3.05) is 19.6 Å². The average molecular weight is 367 g/mol. The van der Waals surface area contributed by atoms with E-state index in [-0.39, 0.29) is 18.6 Å². The molecule has 128 valence electrons. The van der Waals surface area contributed by atoms with Crippen molar-refractivity contribution in [1.29, 1.82) is 0 Å². The van der Waals surface area contributed by atoms with Gasteiger partial charge in [-0.15, -0.1) is 11.3 Å². The Bertz CT molecular complexity index is 681. The fourth-order valence-corrected chi connectivity index (χ4v) is 3.10. The molecule has 0 bridgehead atoms. The zero-order valence-electron chi connectivity index (χ0n) is 13.3. The van der Waals surface area contributed by atoms with Crippen LogP contribution in [0.15, 0.2) is 48.6 Å². The fourth-order valence-electron chi connectivity index (χ4n) is 2.14. The molecule has 1 unspecified atom stereocenters. The highest BCUT2D eigenvalue weighted by molar-refractivity contribution is 7.17. The molecule has 2 amide bonds. The van der Waals surface area contributed by atoms with Crippen LogP contribution in [0.2, 0.25) is 4.34 Å². The number of nitrogens with one attached hydrogen (secondary N) is 1. The number of halogens is 1. The summed E-state index contributed by atoms with van der Waals surface area (Å²) in [4.78, 5) is 25.9. The summed E-state index contributed by atoms with van der Waals surface area (Å²) in [7, 11) is 0. The van der Waals surface area contributed by atoms with E-state index in [1.54, 1.807) is 17.0 Å². The van der Waals surface area contributed by atoms with Crippen LogP contribution in [0.25, 0.3) is 0 Å². The maximum Gasteiger partial charge on any atom is 0.410 e. The molecule has 0 saturated carbocycles. The summed E-state index contributed by atoms with van der Waals surface area (Å²) in [5.74, 6) is -0.222. The topological polar surface area (TPSA) is 58.6 Å². The number of amides is 2.